The molecule has 0 atom stereocenters. The van der Waals surface area contributed by atoms with Gasteiger partial charge in [-0.1, -0.05) is 5.92 Å². The average molecular weight is 267 g/mol. The van der Waals surface area contributed by atoms with Crippen molar-refractivity contribution in [2.45, 2.75) is 18.9 Å². The molecule has 2 saturated heterocycles. The summed E-state index contributed by atoms with van der Waals surface area (Å²) in [6.07, 6.45) is 7.84. The summed E-state index contributed by atoms with van der Waals surface area (Å²) in [5.41, 5.74) is 0. The molecule has 2 fully saturated rings. The zero-order valence-corrected chi connectivity index (χ0v) is 12.1. The number of hydrogen-bond donors (Lipinski definition) is 1. The van der Waals surface area contributed by atoms with Gasteiger partial charge in [0, 0.05) is 56.8 Å². The van der Waals surface area contributed by atoms with E-state index in [4.69, 9.17) is 6.42 Å². The fraction of sp³-hybridized carbons (Fsp3) is 0.857. The van der Waals surface area contributed by atoms with E-state index in [9.17, 15) is 0 Å². The molecule has 18 heavy (non-hydrogen) atoms. The standard InChI is InChI=1S/C14H25N3S/c1-2-6-16-7-3-14(4-8-16)15-5-9-17-10-12-18-13-11-17/h1,14-15H,3-13H2. The van der Waals surface area contributed by atoms with Crippen LogP contribution in [-0.4, -0.2) is 73.2 Å². The summed E-state index contributed by atoms with van der Waals surface area (Å²) in [7, 11) is 0. The third kappa shape index (κ3) is 4.81. The molecule has 0 spiro atoms. The Hall–Kier alpha value is -0.210. The maximum Gasteiger partial charge on any atom is 0.0598 e. The highest BCUT2D eigenvalue weighted by molar-refractivity contribution is 7.99. The van der Waals surface area contributed by atoms with Crippen LogP contribution >= 0.6 is 11.8 Å². The molecule has 2 aliphatic rings. The van der Waals surface area contributed by atoms with Crippen LogP contribution in [0.1, 0.15) is 12.8 Å². The number of piperidine rings is 1. The topological polar surface area (TPSA) is 18.5 Å². The predicted molar refractivity (Wildman–Crippen MR) is 80.1 cm³/mol. The van der Waals surface area contributed by atoms with Gasteiger partial charge in [0.1, 0.15) is 0 Å². The lowest BCUT2D eigenvalue weighted by atomic mass is 10.1. The Morgan fingerprint density at radius 1 is 1.11 bits per heavy atom. The Labute approximate surface area is 116 Å². The summed E-state index contributed by atoms with van der Waals surface area (Å²) in [6.45, 7) is 8.03. The van der Waals surface area contributed by atoms with E-state index in [-0.39, 0.29) is 0 Å². The first-order valence-corrected chi connectivity index (χ1v) is 8.23. The van der Waals surface area contributed by atoms with E-state index in [1.54, 1.807) is 0 Å². The van der Waals surface area contributed by atoms with Gasteiger partial charge in [0.05, 0.1) is 6.54 Å². The largest absolute Gasteiger partial charge is 0.313 e. The van der Waals surface area contributed by atoms with Crippen molar-refractivity contribution in [1.29, 1.82) is 0 Å². The first kappa shape index (κ1) is 14.2. The number of nitrogens with one attached hydrogen (secondary N) is 1. The molecule has 3 nitrogen and oxygen atoms in total. The highest BCUT2D eigenvalue weighted by Crippen LogP contribution is 2.10. The molecule has 0 amide bonds. The molecular weight excluding hydrogens is 242 g/mol. The molecule has 0 saturated carbocycles. The van der Waals surface area contributed by atoms with E-state index in [1.807, 2.05) is 0 Å². The Balaban J connectivity index is 1.53. The van der Waals surface area contributed by atoms with Crippen molar-refractivity contribution in [2.75, 3.05) is 57.3 Å². The minimum atomic E-state index is 0.707. The molecule has 0 aromatic carbocycles. The summed E-state index contributed by atoms with van der Waals surface area (Å²) >= 11 is 2.08. The highest BCUT2D eigenvalue weighted by atomic mass is 32.2. The van der Waals surface area contributed by atoms with Crippen molar-refractivity contribution in [2.24, 2.45) is 0 Å². The number of likely N-dealkylation sites (tertiary alicyclic amines) is 1. The van der Waals surface area contributed by atoms with Gasteiger partial charge >= 0.3 is 0 Å². The first-order chi connectivity index (χ1) is 8.88. The number of thioether (sulfide) groups is 1. The molecule has 0 aliphatic carbocycles. The molecule has 4 heteroatoms. The van der Waals surface area contributed by atoms with E-state index >= 15 is 0 Å². The molecule has 2 heterocycles. The zero-order valence-electron chi connectivity index (χ0n) is 11.2. The highest BCUT2D eigenvalue weighted by Gasteiger charge is 2.18. The van der Waals surface area contributed by atoms with E-state index in [0.29, 0.717) is 6.04 Å². The van der Waals surface area contributed by atoms with Crippen molar-refractivity contribution in [1.82, 2.24) is 15.1 Å². The van der Waals surface area contributed by atoms with Gasteiger partial charge in [-0.15, -0.1) is 6.42 Å². The van der Waals surface area contributed by atoms with Crippen molar-refractivity contribution >= 4 is 11.8 Å². The van der Waals surface area contributed by atoms with E-state index in [2.05, 4.69) is 32.8 Å². The van der Waals surface area contributed by atoms with Crippen molar-refractivity contribution in [3.8, 4) is 12.3 Å². The monoisotopic (exact) mass is 267 g/mol. The molecule has 0 bridgehead atoms. The molecule has 0 aromatic heterocycles. The second-order valence-electron chi connectivity index (χ2n) is 5.16. The third-order valence-corrected chi connectivity index (χ3v) is 4.81. The van der Waals surface area contributed by atoms with Crippen LogP contribution in [0.25, 0.3) is 0 Å². The van der Waals surface area contributed by atoms with Gasteiger partial charge in [0.25, 0.3) is 0 Å². The van der Waals surface area contributed by atoms with Gasteiger partial charge in [-0.3, -0.25) is 4.90 Å². The van der Waals surface area contributed by atoms with Gasteiger partial charge in [0.2, 0.25) is 0 Å². The van der Waals surface area contributed by atoms with Crippen LogP contribution in [0.2, 0.25) is 0 Å². The van der Waals surface area contributed by atoms with Crippen LogP contribution < -0.4 is 5.32 Å². The molecule has 0 aromatic rings. The Kier molecular flexibility index (Phi) is 6.36. The third-order valence-electron chi connectivity index (χ3n) is 3.87. The van der Waals surface area contributed by atoms with Crippen LogP contribution in [-0.2, 0) is 0 Å². The zero-order chi connectivity index (χ0) is 12.6. The molecule has 0 radical (unpaired) electrons. The summed E-state index contributed by atoms with van der Waals surface area (Å²) < 4.78 is 0. The van der Waals surface area contributed by atoms with Crippen LogP contribution in [0.3, 0.4) is 0 Å². The number of nitrogens with zero attached hydrogens (tertiary/aromatic N) is 2. The average Bonchev–Trinajstić information content (AvgIpc) is 2.42. The Morgan fingerprint density at radius 3 is 2.50 bits per heavy atom. The minimum absolute atomic E-state index is 0.707. The lowest BCUT2D eigenvalue weighted by molar-refractivity contribution is 0.211. The molecular formula is C14H25N3S. The molecule has 1 N–H and O–H groups in total. The lowest BCUT2D eigenvalue weighted by Crippen LogP contribution is -2.45. The van der Waals surface area contributed by atoms with Gasteiger partial charge in [-0.25, -0.2) is 0 Å². The molecule has 2 rings (SSSR count). The normalized spacial score (nSPS) is 23.9. The summed E-state index contributed by atoms with van der Waals surface area (Å²) in [4.78, 5) is 4.96. The number of rotatable bonds is 5. The van der Waals surface area contributed by atoms with Crippen molar-refractivity contribution < 1.29 is 0 Å². The number of terminal acetylenes is 1. The second kappa shape index (κ2) is 8.06. The predicted octanol–water partition coefficient (Wildman–Crippen LogP) is 0.722. The molecule has 102 valence electrons. The smallest absolute Gasteiger partial charge is 0.0598 e. The maximum absolute atomic E-state index is 5.34. The SMILES string of the molecule is C#CCN1CCC(NCCN2CCSCC2)CC1. The quantitative estimate of drug-likeness (QED) is 0.740. The summed E-state index contributed by atoms with van der Waals surface area (Å²) in [5.74, 6) is 5.36. The van der Waals surface area contributed by atoms with Gasteiger partial charge in [-0.2, -0.15) is 11.8 Å². The number of hydrogen-bond acceptors (Lipinski definition) is 4. The Bertz CT molecular complexity index is 263. The van der Waals surface area contributed by atoms with Crippen LogP contribution in [0.5, 0.6) is 0 Å². The first-order valence-electron chi connectivity index (χ1n) is 7.08. The van der Waals surface area contributed by atoms with Crippen LogP contribution in [0, 0.1) is 12.3 Å². The van der Waals surface area contributed by atoms with Gasteiger partial charge in [0.15, 0.2) is 0 Å². The van der Waals surface area contributed by atoms with E-state index < -0.39 is 0 Å². The summed E-state index contributed by atoms with van der Waals surface area (Å²) in [6, 6.07) is 0.707. The maximum atomic E-state index is 5.34. The van der Waals surface area contributed by atoms with Crippen molar-refractivity contribution in [3.05, 3.63) is 0 Å². The van der Waals surface area contributed by atoms with Gasteiger partial charge < -0.3 is 10.2 Å². The Morgan fingerprint density at radius 2 is 1.83 bits per heavy atom. The fourth-order valence-corrected chi connectivity index (χ4v) is 3.65. The van der Waals surface area contributed by atoms with Crippen molar-refractivity contribution in [3.63, 3.8) is 0 Å². The van der Waals surface area contributed by atoms with Gasteiger partial charge in [-0.05, 0) is 12.8 Å². The summed E-state index contributed by atoms with van der Waals surface area (Å²) in [5, 5.41) is 3.70. The van der Waals surface area contributed by atoms with E-state index in [0.717, 1.165) is 26.2 Å². The fourth-order valence-electron chi connectivity index (χ4n) is 2.68. The van der Waals surface area contributed by atoms with Crippen LogP contribution in [0.15, 0.2) is 0 Å². The van der Waals surface area contributed by atoms with E-state index in [1.165, 1.54) is 44.0 Å². The lowest BCUT2D eigenvalue weighted by Gasteiger charge is -2.32. The molecule has 0 unspecified atom stereocenters. The van der Waals surface area contributed by atoms with Crippen LogP contribution in [0.4, 0.5) is 0 Å². The second-order valence-corrected chi connectivity index (χ2v) is 6.39. The minimum Gasteiger partial charge on any atom is -0.313 e. The molecule has 2 aliphatic heterocycles.